The van der Waals surface area contributed by atoms with Crippen LogP contribution in [0.5, 0.6) is 0 Å². The van der Waals surface area contributed by atoms with Gasteiger partial charge in [-0.05, 0) is 37.1 Å². The van der Waals surface area contributed by atoms with Crippen molar-refractivity contribution in [2.45, 2.75) is 20.5 Å². The van der Waals surface area contributed by atoms with Gasteiger partial charge in [0.1, 0.15) is 12.5 Å². The fourth-order valence-corrected chi connectivity index (χ4v) is 2.05. The third-order valence-corrected chi connectivity index (χ3v) is 3.14. The molecule has 100 valence electrons. The normalized spacial score (nSPS) is 10.5. The molecular formula is C14H16ClN3O. The van der Waals surface area contributed by atoms with Crippen LogP contribution in [0.1, 0.15) is 11.1 Å². The Kier molecular flexibility index (Phi) is 4.22. The molecule has 1 aromatic heterocycles. The van der Waals surface area contributed by atoms with Crippen LogP contribution in [0.4, 0.5) is 5.69 Å². The lowest BCUT2D eigenvalue weighted by atomic mass is 10.1. The molecule has 0 bridgehead atoms. The third-order valence-electron chi connectivity index (χ3n) is 2.92. The molecule has 0 saturated carbocycles. The van der Waals surface area contributed by atoms with E-state index in [4.69, 9.17) is 11.6 Å². The van der Waals surface area contributed by atoms with E-state index in [1.165, 1.54) is 0 Å². The number of nitrogens with zero attached hydrogens (tertiary/aromatic N) is 3. The maximum absolute atomic E-state index is 12.1. The summed E-state index contributed by atoms with van der Waals surface area (Å²) in [5.41, 5.74) is 3.02. The number of rotatable bonds is 4. The summed E-state index contributed by atoms with van der Waals surface area (Å²) in [6.07, 6.45) is 3.51. The molecular weight excluding hydrogens is 262 g/mol. The van der Waals surface area contributed by atoms with Crippen molar-refractivity contribution in [3.63, 3.8) is 0 Å². The molecule has 1 amide bonds. The first-order chi connectivity index (χ1) is 9.11. The van der Waals surface area contributed by atoms with Gasteiger partial charge in [0.05, 0.1) is 0 Å². The van der Waals surface area contributed by atoms with E-state index in [1.807, 2.05) is 44.3 Å². The number of amides is 1. The smallest absolute Gasteiger partial charge is 0.243 e. The van der Waals surface area contributed by atoms with E-state index >= 15 is 0 Å². The summed E-state index contributed by atoms with van der Waals surface area (Å²) >= 11 is 5.71. The van der Waals surface area contributed by atoms with Crippen molar-refractivity contribution >= 4 is 23.2 Å². The number of aromatic nitrogens is 2. The number of halogens is 1. The van der Waals surface area contributed by atoms with Crippen molar-refractivity contribution in [2.24, 2.45) is 0 Å². The van der Waals surface area contributed by atoms with Crippen molar-refractivity contribution in [3.05, 3.63) is 47.8 Å². The lowest BCUT2D eigenvalue weighted by Crippen LogP contribution is -2.34. The molecule has 2 rings (SSSR count). The first-order valence-corrected chi connectivity index (χ1v) is 6.56. The molecule has 0 atom stereocenters. The molecule has 1 aromatic carbocycles. The summed E-state index contributed by atoms with van der Waals surface area (Å²) in [5.74, 6) is -0.180. The quantitative estimate of drug-likeness (QED) is 0.806. The predicted octanol–water partition coefficient (Wildman–Crippen LogP) is 2.73. The monoisotopic (exact) mass is 277 g/mol. The molecule has 0 N–H and O–H groups in total. The summed E-state index contributed by atoms with van der Waals surface area (Å²) in [7, 11) is 0. The van der Waals surface area contributed by atoms with Crippen molar-refractivity contribution in [2.75, 3.05) is 10.8 Å². The Balaban J connectivity index is 2.36. The zero-order valence-electron chi connectivity index (χ0n) is 11.0. The van der Waals surface area contributed by atoms with Crippen LogP contribution < -0.4 is 4.90 Å². The number of hydrogen-bond donors (Lipinski definition) is 0. The van der Waals surface area contributed by atoms with Crippen LogP contribution in [0.2, 0.25) is 0 Å². The Labute approximate surface area is 117 Å². The van der Waals surface area contributed by atoms with Gasteiger partial charge < -0.3 is 0 Å². The van der Waals surface area contributed by atoms with Crippen LogP contribution in [0.15, 0.2) is 36.7 Å². The molecule has 0 spiro atoms. The first-order valence-electron chi connectivity index (χ1n) is 6.03. The third kappa shape index (κ3) is 3.15. The van der Waals surface area contributed by atoms with Crippen LogP contribution >= 0.6 is 11.6 Å². The molecule has 0 aliphatic rings. The van der Waals surface area contributed by atoms with Crippen LogP contribution in [-0.4, -0.2) is 21.6 Å². The second kappa shape index (κ2) is 5.89. The van der Waals surface area contributed by atoms with Gasteiger partial charge in [-0.25, -0.2) is 0 Å². The number of aryl methyl sites for hydroxylation is 2. The summed E-state index contributed by atoms with van der Waals surface area (Å²) < 4.78 is 1.70. The molecule has 0 aliphatic heterocycles. The van der Waals surface area contributed by atoms with Crippen LogP contribution in [0.3, 0.4) is 0 Å². The number of carbonyl (C=O) groups is 1. The van der Waals surface area contributed by atoms with E-state index < -0.39 is 0 Å². The molecule has 5 heteroatoms. The van der Waals surface area contributed by atoms with E-state index in [1.54, 1.807) is 15.8 Å². The second-order valence-corrected chi connectivity index (χ2v) is 4.70. The first kappa shape index (κ1) is 13.6. The number of benzene rings is 1. The van der Waals surface area contributed by atoms with Crippen LogP contribution in [0.25, 0.3) is 0 Å². The fourth-order valence-electron chi connectivity index (χ4n) is 1.90. The van der Waals surface area contributed by atoms with E-state index in [0.717, 1.165) is 16.8 Å². The topological polar surface area (TPSA) is 38.1 Å². The fraction of sp³-hybridized carbons (Fsp3) is 0.286. The van der Waals surface area contributed by atoms with E-state index in [0.29, 0.717) is 6.67 Å². The lowest BCUT2D eigenvalue weighted by molar-refractivity contribution is -0.116. The van der Waals surface area contributed by atoms with Gasteiger partial charge in [-0.1, -0.05) is 12.1 Å². The van der Waals surface area contributed by atoms with Gasteiger partial charge in [0.15, 0.2) is 0 Å². The molecule has 19 heavy (non-hydrogen) atoms. The minimum Gasteiger partial charge on any atom is -0.291 e. The summed E-state index contributed by atoms with van der Waals surface area (Å²) in [6.45, 7) is 4.34. The maximum Gasteiger partial charge on any atom is 0.243 e. The van der Waals surface area contributed by atoms with Gasteiger partial charge in [0.25, 0.3) is 0 Å². The standard InChI is InChI=1S/C14H16ClN3O/c1-11-4-5-12(2)13(8-11)18(14(19)9-15)10-17-7-3-6-16-17/h3-8H,9-10H2,1-2H3. The molecule has 1 heterocycles. The average molecular weight is 278 g/mol. The van der Waals surface area contributed by atoms with Crippen LogP contribution in [-0.2, 0) is 11.5 Å². The highest BCUT2D eigenvalue weighted by Crippen LogP contribution is 2.22. The van der Waals surface area contributed by atoms with Gasteiger partial charge >= 0.3 is 0 Å². The molecule has 0 radical (unpaired) electrons. The summed E-state index contributed by atoms with van der Waals surface area (Å²) in [5, 5.41) is 4.13. The number of anilines is 1. The molecule has 0 aliphatic carbocycles. The zero-order chi connectivity index (χ0) is 13.8. The number of hydrogen-bond acceptors (Lipinski definition) is 2. The Hall–Kier alpha value is -1.81. The molecule has 4 nitrogen and oxygen atoms in total. The van der Waals surface area contributed by atoms with Gasteiger partial charge in [0, 0.05) is 18.1 Å². The van der Waals surface area contributed by atoms with Crippen molar-refractivity contribution < 1.29 is 4.79 Å². The predicted molar refractivity (Wildman–Crippen MR) is 76.3 cm³/mol. The molecule has 0 saturated heterocycles. The van der Waals surface area contributed by atoms with Gasteiger partial charge in [-0.15, -0.1) is 11.6 Å². The Morgan fingerprint density at radius 2 is 2.21 bits per heavy atom. The largest absolute Gasteiger partial charge is 0.291 e. The molecule has 0 unspecified atom stereocenters. The van der Waals surface area contributed by atoms with Crippen molar-refractivity contribution in [1.29, 1.82) is 0 Å². The number of carbonyl (C=O) groups excluding carboxylic acids is 1. The maximum atomic E-state index is 12.1. The summed E-state index contributed by atoms with van der Waals surface area (Å²) in [4.78, 5) is 13.7. The Morgan fingerprint density at radius 1 is 1.42 bits per heavy atom. The summed E-state index contributed by atoms with van der Waals surface area (Å²) in [6, 6.07) is 7.84. The highest BCUT2D eigenvalue weighted by molar-refractivity contribution is 6.29. The SMILES string of the molecule is Cc1ccc(C)c(N(Cn2cccn2)C(=O)CCl)c1. The average Bonchev–Trinajstić information content (AvgIpc) is 2.91. The van der Waals surface area contributed by atoms with Crippen molar-refractivity contribution in [3.8, 4) is 0 Å². The van der Waals surface area contributed by atoms with Crippen LogP contribution in [0, 0.1) is 13.8 Å². The highest BCUT2D eigenvalue weighted by Gasteiger charge is 2.17. The highest BCUT2D eigenvalue weighted by atomic mass is 35.5. The van der Waals surface area contributed by atoms with E-state index in [2.05, 4.69) is 5.10 Å². The van der Waals surface area contributed by atoms with Gasteiger partial charge in [0.2, 0.25) is 5.91 Å². The minimum atomic E-state index is -0.133. The Morgan fingerprint density at radius 3 is 2.84 bits per heavy atom. The van der Waals surface area contributed by atoms with Crippen molar-refractivity contribution in [1.82, 2.24) is 9.78 Å². The number of alkyl halides is 1. The zero-order valence-corrected chi connectivity index (χ0v) is 11.8. The van der Waals surface area contributed by atoms with E-state index in [-0.39, 0.29) is 11.8 Å². The lowest BCUT2D eigenvalue weighted by Gasteiger charge is -2.24. The van der Waals surface area contributed by atoms with Gasteiger partial charge in [-0.3, -0.25) is 14.4 Å². The second-order valence-electron chi connectivity index (χ2n) is 4.43. The molecule has 2 aromatic rings. The van der Waals surface area contributed by atoms with Gasteiger partial charge in [-0.2, -0.15) is 5.10 Å². The Bertz CT molecular complexity index is 566. The minimum absolute atomic E-state index is 0.0470. The molecule has 0 fully saturated rings. The van der Waals surface area contributed by atoms with E-state index in [9.17, 15) is 4.79 Å².